The monoisotopic (exact) mass is 234 g/mol. The number of amides is 1. The predicted octanol–water partition coefficient (Wildman–Crippen LogP) is 2.08. The number of aryl methyl sites for hydroxylation is 1. The minimum atomic E-state index is -0.125. The molecule has 1 aliphatic rings. The maximum atomic E-state index is 11.6. The molecule has 1 saturated carbocycles. The standard InChI is InChI=1S/C13H18N2O2/c1-9-5-6-10(7-12(9)14)15-13(16)8-17-11-3-2-4-11/h5-7,11H,2-4,8,14H2,1H3,(H,15,16). The normalized spacial score (nSPS) is 15.4. The van der Waals surface area contributed by atoms with Gasteiger partial charge in [-0.2, -0.15) is 0 Å². The third kappa shape index (κ3) is 3.20. The molecule has 1 aromatic carbocycles. The summed E-state index contributed by atoms with van der Waals surface area (Å²) in [5, 5.41) is 2.77. The lowest BCUT2D eigenvalue weighted by Crippen LogP contribution is -2.27. The van der Waals surface area contributed by atoms with E-state index in [1.165, 1.54) is 6.42 Å². The van der Waals surface area contributed by atoms with Crippen LogP contribution in [0.1, 0.15) is 24.8 Å². The van der Waals surface area contributed by atoms with Crippen molar-refractivity contribution in [3.05, 3.63) is 23.8 Å². The Hall–Kier alpha value is -1.55. The molecule has 0 saturated heterocycles. The van der Waals surface area contributed by atoms with Crippen molar-refractivity contribution >= 4 is 17.3 Å². The third-order valence-electron chi connectivity index (χ3n) is 3.07. The Morgan fingerprint density at radius 2 is 2.29 bits per heavy atom. The number of hydrogen-bond acceptors (Lipinski definition) is 3. The van der Waals surface area contributed by atoms with Crippen LogP contribution in [0.4, 0.5) is 11.4 Å². The van der Waals surface area contributed by atoms with Gasteiger partial charge in [-0.05, 0) is 43.9 Å². The van der Waals surface area contributed by atoms with Crippen LogP contribution in [0.2, 0.25) is 0 Å². The molecule has 0 aromatic heterocycles. The van der Waals surface area contributed by atoms with E-state index in [4.69, 9.17) is 10.5 Å². The number of benzene rings is 1. The highest BCUT2D eigenvalue weighted by atomic mass is 16.5. The van der Waals surface area contributed by atoms with Crippen LogP contribution in [0.15, 0.2) is 18.2 Å². The molecule has 0 aliphatic heterocycles. The number of nitrogen functional groups attached to an aromatic ring is 1. The summed E-state index contributed by atoms with van der Waals surface area (Å²) in [6.45, 7) is 2.05. The number of carbonyl (C=O) groups is 1. The largest absolute Gasteiger partial charge is 0.398 e. The number of anilines is 2. The summed E-state index contributed by atoms with van der Waals surface area (Å²) < 4.78 is 5.42. The fourth-order valence-corrected chi connectivity index (χ4v) is 1.65. The van der Waals surface area contributed by atoms with Crippen molar-refractivity contribution in [3.8, 4) is 0 Å². The van der Waals surface area contributed by atoms with Gasteiger partial charge in [-0.3, -0.25) is 4.79 Å². The fourth-order valence-electron chi connectivity index (χ4n) is 1.65. The van der Waals surface area contributed by atoms with Gasteiger partial charge < -0.3 is 15.8 Å². The molecule has 0 atom stereocenters. The van der Waals surface area contributed by atoms with Crippen LogP contribution in [0.5, 0.6) is 0 Å². The Labute approximate surface area is 101 Å². The van der Waals surface area contributed by atoms with Crippen LogP contribution in [0.25, 0.3) is 0 Å². The summed E-state index contributed by atoms with van der Waals surface area (Å²) >= 11 is 0. The predicted molar refractivity (Wildman–Crippen MR) is 67.8 cm³/mol. The molecule has 1 fully saturated rings. The van der Waals surface area contributed by atoms with Gasteiger partial charge in [0, 0.05) is 11.4 Å². The van der Waals surface area contributed by atoms with Gasteiger partial charge in [0.05, 0.1) is 6.10 Å². The third-order valence-corrected chi connectivity index (χ3v) is 3.07. The molecule has 92 valence electrons. The van der Waals surface area contributed by atoms with E-state index < -0.39 is 0 Å². The van der Waals surface area contributed by atoms with E-state index in [1.807, 2.05) is 19.1 Å². The van der Waals surface area contributed by atoms with Crippen LogP contribution < -0.4 is 11.1 Å². The maximum absolute atomic E-state index is 11.6. The van der Waals surface area contributed by atoms with Crippen LogP contribution >= 0.6 is 0 Å². The quantitative estimate of drug-likeness (QED) is 0.784. The topological polar surface area (TPSA) is 64.3 Å². The molecule has 0 radical (unpaired) electrons. The molecule has 0 bridgehead atoms. The average Bonchev–Trinajstić information content (AvgIpc) is 2.21. The van der Waals surface area contributed by atoms with E-state index in [9.17, 15) is 4.79 Å². The second-order valence-electron chi connectivity index (χ2n) is 4.48. The van der Waals surface area contributed by atoms with Crippen molar-refractivity contribution in [1.29, 1.82) is 0 Å². The molecule has 3 N–H and O–H groups in total. The van der Waals surface area contributed by atoms with E-state index in [0.717, 1.165) is 24.1 Å². The lowest BCUT2D eigenvalue weighted by atomic mass is 9.96. The van der Waals surface area contributed by atoms with Gasteiger partial charge in [-0.1, -0.05) is 6.07 Å². The summed E-state index contributed by atoms with van der Waals surface area (Å²) in [6, 6.07) is 5.49. The average molecular weight is 234 g/mol. The van der Waals surface area contributed by atoms with Gasteiger partial charge >= 0.3 is 0 Å². The van der Waals surface area contributed by atoms with Crippen molar-refractivity contribution in [2.24, 2.45) is 0 Å². The number of carbonyl (C=O) groups excluding carboxylic acids is 1. The first-order valence-electron chi connectivity index (χ1n) is 5.93. The maximum Gasteiger partial charge on any atom is 0.250 e. The summed E-state index contributed by atoms with van der Waals surface area (Å²) in [5.74, 6) is -0.125. The SMILES string of the molecule is Cc1ccc(NC(=O)COC2CCC2)cc1N. The zero-order chi connectivity index (χ0) is 12.3. The van der Waals surface area contributed by atoms with Crippen LogP contribution in [-0.4, -0.2) is 18.6 Å². The summed E-state index contributed by atoms with van der Waals surface area (Å²) in [4.78, 5) is 11.6. The number of nitrogens with one attached hydrogen (secondary N) is 1. The summed E-state index contributed by atoms with van der Waals surface area (Å²) in [5.41, 5.74) is 8.18. The van der Waals surface area contributed by atoms with Crippen LogP contribution in [0, 0.1) is 6.92 Å². The molecule has 1 amide bonds. The molecule has 0 unspecified atom stereocenters. The van der Waals surface area contributed by atoms with E-state index in [-0.39, 0.29) is 18.6 Å². The highest BCUT2D eigenvalue weighted by Gasteiger charge is 2.18. The van der Waals surface area contributed by atoms with E-state index in [0.29, 0.717) is 5.69 Å². The molecule has 1 aliphatic carbocycles. The molecule has 0 heterocycles. The molecule has 17 heavy (non-hydrogen) atoms. The Morgan fingerprint density at radius 1 is 1.53 bits per heavy atom. The molecule has 2 rings (SSSR count). The number of ether oxygens (including phenoxy) is 1. The second-order valence-corrected chi connectivity index (χ2v) is 4.48. The zero-order valence-electron chi connectivity index (χ0n) is 10.0. The number of rotatable bonds is 4. The van der Waals surface area contributed by atoms with Gasteiger partial charge in [0.15, 0.2) is 0 Å². The Kier molecular flexibility index (Phi) is 3.64. The van der Waals surface area contributed by atoms with E-state index in [2.05, 4.69) is 5.32 Å². The van der Waals surface area contributed by atoms with Crippen molar-refractivity contribution < 1.29 is 9.53 Å². The number of nitrogens with two attached hydrogens (primary N) is 1. The lowest BCUT2D eigenvalue weighted by Gasteiger charge is -2.25. The first-order valence-corrected chi connectivity index (χ1v) is 5.93. The van der Waals surface area contributed by atoms with Gasteiger partial charge in [0.1, 0.15) is 6.61 Å². The van der Waals surface area contributed by atoms with Gasteiger partial charge in [-0.15, -0.1) is 0 Å². The minimum absolute atomic E-state index is 0.123. The molecular formula is C13H18N2O2. The molecule has 0 spiro atoms. The molecule has 4 nitrogen and oxygen atoms in total. The fraction of sp³-hybridized carbons (Fsp3) is 0.462. The summed E-state index contributed by atoms with van der Waals surface area (Å²) in [6.07, 6.45) is 3.64. The van der Waals surface area contributed by atoms with Crippen LogP contribution in [0.3, 0.4) is 0 Å². The van der Waals surface area contributed by atoms with Gasteiger partial charge in [0.2, 0.25) is 5.91 Å². The minimum Gasteiger partial charge on any atom is -0.398 e. The van der Waals surface area contributed by atoms with Crippen LogP contribution in [-0.2, 0) is 9.53 Å². The van der Waals surface area contributed by atoms with Crippen molar-refractivity contribution in [2.45, 2.75) is 32.3 Å². The molecular weight excluding hydrogens is 216 g/mol. The summed E-state index contributed by atoms with van der Waals surface area (Å²) in [7, 11) is 0. The Morgan fingerprint density at radius 3 is 2.88 bits per heavy atom. The van der Waals surface area contributed by atoms with Gasteiger partial charge in [0.25, 0.3) is 0 Å². The number of hydrogen-bond donors (Lipinski definition) is 2. The lowest BCUT2D eigenvalue weighted by molar-refractivity contribution is -0.124. The molecule has 1 aromatic rings. The van der Waals surface area contributed by atoms with E-state index >= 15 is 0 Å². The zero-order valence-corrected chi connectivity index (χ0v) is 10.0. The smallest absolute Gasteiger partial charge is 0.250 e. The second kappa shape index (κ2) is 5.19. The highest BCUT2D eigenvalue weighted by molar-refractivity contribution is 5.92. The first kappa shape index (κ1) is 11.9. The van der Waals surface area contributed by atoms with Crippen molar-refractivity contribution in [3.63, 3.8) is 0 Å². The van der Waals surface area contributed by atoms with E-state index in [1.54, 1.807) is 6.07 Å². The Bertz CT molecular complexity index is 414. The molecule has 4 heteroatoms. The van der Waals surface area contributed by atoms with Crippen molar-refractivity contribution in [1.82, 2.24) is 0 Å². The Balaban J connectivity index is 1.82. The highest BCUT2D eigenvalue weighted by Crippen LogP contribution is 2.22. The van der Waals surface area contributed by atoms with Crippen molar-refractivity contribution in [2.75, 3.05) is 17.7 Å². The van der Waals surface area contributed by atoms with Gasteiger partial charge in [-0.25, -0.2) is 0 Å². The first-order chi connectivity index (χ1) is 8.15.